The topological polar surface area (TPSA) is 15.3 Å². The summed E-state index contributed by atoms with van der Waals surface area (Å²) in [6.07, 6.45) is 6.96. The lowest BCUT2D eigenvalue weighted by molar-refractivity contribution is 0.0991. The summed E-state index contributed by atoms with van der Waals surface area (Å²) < 4.78 is 0. The van der Waals surface area contributed by atoms with Gasteiger partial charge in [0.2, 0.25) is 0 Å². The predicted octanol–water partition coefficient (Wildman–Crippen LogP) is 3.73. The van der Waals surface area contributed by atoms with Gasteiger partial charge in [0.25, 0.3) is 0 Å². The molecule has 0 spiro atoms. The van der Waals surface area contributed by atoms with Crippen molar-refractivity contribution in [2.45, 2.75) is 58.0 Å². The summed E-state index contributed by atoms with van der Waals surface area (Å²) in [5.41, 5.74) is 4.06. The van der Waals surface area contributed by atoms with E-state index in [1.807, 2.05) is 0 Å². The highest BCUT2D eigenvalue weighted by Gasteiger charge is 2.29. The van der Waals surface area contributed by atoms with Crippen LogP contribution in [0.4, 0.5) is 5.69 Å². The molecule has 19 heavy (non-hydrogen) atoms. The van der Waals surface area contributed by atoms with Crippen molar-refractivity contribution >= 4 is 5.69 Å². The molecular formula is C17H26N2. The molecule has 1 saturated carbocycles. The molecule has 1 aromatic rings. The summed E-state index contributed by atoms with van der Waals surface area (Å²) in [5.74, 6) is 0. The number of nitrogens with one attached hydrogen (secondary N) is 1. The molecule has 1 heterocycles. The highest BCUT2D eigenvalue weighted by atomic mass is 15.2. The van der Waals surface area contributed by atoms with Gasteiger partial charge in [0, 0.05) is 24.3 Å². The van der Waals surface area contributed by atoms with Gasteiger partial charge in [-0.05, 0) is 69.3 Å². The fourth-order valence-corrected chi connectivity index (χ4v) is 3.27. The molecular weight excluding hydrogens is 232 g/mol. The van der Waals surface area contributed by atoms with Crippen LogP contribution in [0.5, 0.6) is 0 Å². The Kier molecular flexibility index (Phi) is 3.79. The van der Waals surface area contributed by atoms with E-state index in [4.69, 9.17) is 0 Å². The maximum absolute atomic E-state index is 3.74. The number of piperidine rings is 1. The Labute approximate surface area is 117 Å². The Morgan fingerprint density at radius 3 is 2.58 bits per heavy atom. The minimum Gasteiger partial charge on any atom is -0.381 e. The van der Waals surface area contributed by atoms with E-state index in [-0.39, 0.29) is 0 Å². The average molecular weight is 258 g/mol. The van der Waals surface area contributed by atoms with Crippen molar-refractivity contribution in [2.75, 3.05) is 18.4 Å². The van der Waals surface area contributed by atoms with Crippen LogP contribution in [-0.4, -0.2) is 30.1 Å². The lowest BCUT2D eigenvalue weighted by atomic mass is 9.89. The van der Waals surface area contributed by atoms with Gasteiger partial charge in [-0.3, -0.25) is 4.90 Å². The number of benzene rings is 1. The van der Waals surface area contributed by atoms with Crippen LogP contribution in [0.25, 0.3) is 0 Å². The Morgan fingerprint density at radius 1 is 1.05 bits per heavy atom. The molecule has 1 saturated heterocycles. The van der Waals surface area contributed by atoms with Gasteiger partial charge in [0.15, 0.2) is 0 Å². The van der Waals surface area contributed by atoms with E-state index in [0.29, 0.717) is 6.04 Å². The largest absolute Gasteiger partial charge is 0.381 e. The molecule has 1 aliphatic heterocycles. The van der Waals surface area contributed by atoms with Gasteiger partial charge in [-0.15, -0.1) is 0 Å². The van der Waals surface area contributed by atoms with E-state index in [0.717, 1.165) is 6.04 Å². The van der Waals surface area contributed by atoms with Crippen LogP contribution >= 0.6 is 0 Å². The minimum atomic E-state index is 0.636. The molecule has 0 aromatic heterocycles. The third-order valence-electron chi connectivity index (χ3n) is 4.92. The molecule has 104 valence electrons. The van der Waals surface area contributed by atoms with Gasteiger partial charge in [-0.2, -0.15) is 0 Å². The smallest absolute Gasteiger partial charge is 0.0389 e. The maximum Gasteiger partial charge on any atom is 0.0389 e. The van der Waals surface area contributed by atoms with Crippen molar-refractivity contribution in [2.24, 2.45) is 0 Å². The molecule has 1 atom stereocenters. The van der Waals surface area contributed by atoms with E-state index in [2.05, 4.69) is 42.3 Å². The summed E-state index contributed by atoms with van der Waals surface area (Å²) in [6, 6.07) is 8.27. The number of nitrogens with zero attached hydrogens (tertiary/aromatic N) is 1. The number of rotatable bonds is 3. The number of hydrogen-bond acceptors (Lipinski definition) is 2. The zero-order valence-corrected chi connectivity index (χ0v) is 12.3. The van der Waals surface area contributed by atoms with Crippen LogP contribution in [0, 0.1) is 13.8 Å². The van der Waals surface area contributed by atoms with Gasteiger partial charge in [-0.1, -0.05) is 12.5 Å². The van der Waals surface area contributed by atoms with E-state index >= 15 is 0 Å². The van der Waals surface area contributed by atoms with Crippen LogP contribution < -0.4 is 5.32 Å². The van der Waals surface area contributed by atoms with Crippen LogP contribution in [0.3, 0.4) is 0 Å². The Balaban J connectivity index is 1.60. The first kappa shape index (κ1) is 13.0. The van der Waals surface area contributed by atoms with Crippen LogP contribution in [0.2, 0.25) is 0 Å². The fourth-order valence-electron chi connectivity index (χ4n) is 3.27. The Hall–Kier alpha value is -1.02. The molecule has 2 aliphatic rings. The van der Waals surface area contributed by atoms with Crippen molar-refractivity contribution in [3.63, 3.8) is 0 Å². The first-order chi connectivity index (χ1) is 9.22. The second-order valence-corrected chi connectivity index (χ2v) is 6.36. The van der Waals surface area contributed by atoms with E-state index < -0.39 is 0 Å². The summed E-state index contributed by atoms with van der Waals surface area (Å²) in [4.78, 5) is 2.71. The van der Waals surface area contributed by atoms with Crippen LogP contribution in [0.1, 0.15) is 43.2 Å². The fraction of sp³-hybridized carbons (Fsp3) is 0.647. The lowest BCUT2D eigenvalue weighted by Gasteiger charge is -2.42. The standard InChI is InChI=1S/C17H26N2/c1-13-8-9-15(11-14(13)2)18-16-5-4-10-19(12-16)17-6-3-7-17/h8-9,11,16-18H,3-7,10,12H2,1-2H3. The molecule has 0 bridgehead atoms. The summed E-state index contributed by atoms with van der Waals surface area (Å²) in [7, 11) is 0. The van der Waals surface area contributed by atoms with Crippen molar-refractivity contribution < 1.29 is 0 Å². The number of hydrogen-bond donors (Lipinski definition) is 1. The maximum atomic E-state index is 3.74. The molecule has 3 rings (SSSR count). The van der Waals surface area contributed by atoms with Crippen LogP contribution in [0.15, 0.2) is 18.2 Å². The zero-order chi connectivity index (χ0) is 13.2. The number of aryl methyl sites for hydroxylation is 2. The van der Waals surface area contributed by atoms with Gasteiger partial charge in [0.1, 0.15) is 0 Å². The Morgan fingerprint density at radius 2 is 1.89 bits per heavy atom. The van der Waals surface area contributed by atoms with Crippen molar-refractivity contribution in [3.8, 4) is 0 Å². The highest BCUT2D eigenvalue weighted by molar-refractivity contribution is 5.48. The first-order valence-electron chi connectivity index (χ1n) is 7.80. The summed E-state index contributed by atoms with van der Waals surface area (Å²) >= 11 is 0. The second-order valence-electron chi connectivity index (χ2n) is 6.36. The molecule has 2 heteroatoms. The molecule has 2 fully saturated rings. The van der Waals surface area contributed by atoms with Gasteiger partial charge >= 0.3 is 0 Å². The van der Waals surface area contributed by atoms with E-state index in [1.54, 1.807) is 0 Å². The quantitative estimate of drug-likeness (QED) is 0.888. The van der Waals surface area contributed by atoms with Crippen LogP contribution in [-0.2, 0) is 0 Å². The molecule has 2 nitrogen and oxygen atoms in total. The molecule has 1 aliphatic carbocycles. The third-order valence-corrected chi connectivity index (χ3v) is 4.92. The normalized spacial score (nSPS) is 25.1. The van der Waals surface area contributed by atoms with E-state index in [1.165, 1.54) is 62.0 Å². The molecule has 1 N–H and O–H groups in total. The van der Waals surface area contributed by atoms with Gasteiger partial charge in [0.05, 0.1) is 0 Å². The third kappa shape index (κ3) is 2.94. The predicted molar refractivity (Wildman–Crippen MR) is 81.8 cm³/mol. The second kappa shape index (κ2) is 5.54. The molecule has 0 amide bonds. The van der Waals surface area contributed by atoms with Gasteiger partial charge in [-0.25, -0.2) is 0 Å². The lowest BCUT2D eigenvalue weighted by Crippen LogP contribution is -2.49. The van der Waals surface area contributed by atoms with Crippen molar-refractivity contribution in [3.05, 3.63) is 29.3 Å². The highest BCUT2D eigenvalue weighted by Crippen LogP contribution is 2.28. The SMILES string of the molecule is Cc1ccc(NC2CCCN(C3CCC3)C2)cc1C. The molecule has 1 unspecified atom stereocenters. The summed E-state index contributed by atoms with van der Waals surface area (Å²) in [6.45, 7) is 6.92. The summed E-state index contributed by atoms with van der Waals surface area (Å²) in [5, 5.41) is 3.74. The van der Waals surface area contributed by atoms with Crippen molar-refractivity contribution in [1.82, 2.24) is 4.90 Å². The minimum absolute atomic E-state index is 0.636. The molecule has 1 aromatic carbocycles. The monoisotopic (exact) mass is 258 g/mol. The Bertz CT molecular complexity index is 437. The first-order valence-corrected chi connectivity index (χ1v) is 7.80. The zero-order valence-electron chi connectivity index (χ0n) is 12.3. The van der Waals surface area contributed by atoms with E-state index in [9.17, 15) is 0 Å². The average Bonchev–Trinajstić information content (AvgIpc) is 2.32. The van der Waals surface area contributed by atoms with Gasteiger partial charge < -0.3 is 5.32 Å². The molecule has 0 radical (unpaired) electrons. The number of likely N-dealkylation sites (tertiary alicyclic amines) is 1. The van der Waals surface area contributed by atoms with Crippen molar-refractivity contribution in [1.29, 1.82) is 0 Å². The number of anilines is 1.